The van der Waals surface area contributed by atoms with Crippen LogP contribution in [0.4, 0.5) is 0 Å². The number of ether oxygens (including phenoxy) is 2. The van der Waals surface area contributed by atoms with Crippen LogP contribution in [0.3, 0.4) is 0 Å². The van der Waals surface area contributed by atoms with E-state index in [2.05, 4.69) is 0 Å². The Morgan fingerprint density at radius 1 is 1.22 bits per heavy atom. The molecule has 0 aliphatic rings. The summed E-state index contributed by atoms with van der Waals surface area (Å²) < 4.78 is 10.3. The predicted octanol–water partition coefficient (Wildman–Crippen LogP) is 2.26. The van der Waals surface area contributed by atoms with Gasteiger partial charge in [0.25, 0.3) is 0 Å². The largest absolute Gasteiger partial charge is 0.497 e. The molecule has 0 aliphatic carbocycles. The Kier molecular flexibility index (Phi) is 5.65. The quantitative estimate of drug-likeness (QED) is 0.755. The van der Waals surface area contributed by atoms with Crippen molar-refractivity contribution in [3.05, 3.63) is 23.8 Å². The lowest BCUT2D eigenvalue weighted by Crippen LogP contribution is -2.23. The topological polar surface area (TPSA) is 61.6 Å². The standard InChI is InChI=1S/C14H21NO3/c1-4-5-10(9-15)14(16)11-6-12(17-2)8-13(7-11)18-3/h6-8,10H,4-5,9,15H2,1-3H3. The predicted molar refractivity (Wildman–Crippen MR) is 71.3 cm³/mol. The summed E-state index contributed by atoms with van der Waals surface area (Å²) in [5.74, 6) is 1.15. The zero-order chi connectivity index (χ0) is 13.5. The lowest BCUT2D eigenvalue weighted by molar-refractivity contribution is 0.0916. The summed E-state index contributed by atoms with van der Waals surface area (Å²) in [6, 6.07) is 5.19. The van der Waals surface area contributed by atoms with Crippen molar-refractivity contribution in [1.29, 1.82) is 0 Å². The van der Waals surface area contributed by atoms with Crippen LogP contribution in [0, 0.1) is 5.92 Å². The Labute approximate surface area is 108 Å². The maximum Gasteiger partial charge on any atom is 0.167 e. The molecule has 2 N–H and O–H groups in total. The highest BCUT2D eigenvalue weighted by atomic mass is 16.5. The fourth-order valence-electron chi connectivity index (χ4n) is 1.89. The number of rotatable bonds is 7. The molecule has 0 bridgehead atoms. The van der Waals surface area contributed by atoms with Crippen molar-refractivity contribution in [3.8, 4) is 11.5 Å². The molecule has 18 heavy (non-hydrogen) atoms. The van der Waals surface area contributed by atoms with Gasteiger partial charge < -0.3 is 15.2 Å². The van der Waals surface area contributed by atoms with Crippen molar-refractivity contribution in [2.24, 2.45) is 11.7 Å². The van der Waals surface area contributed by atoms with E-state index in [4.69, 9.17) is 15.2 Å². The molecule has 0 amide bonds. The number of ketones is 1. The first-order chi connectivity index (χ1) is 8.65. The molecule has 0 aliphatic heterocycles. The lowest BCUT2D eigenvalue weighted by atomic mass is 9.93. The molecular weight excluding hydrogens is 230 g/mol. The van der Waals surface area contributed by atoms with Crippen LogP contribution in [0.2, 0.25) is 0 Å². The molecule has 0 heterocycles. The second-order valence-electron chi connectivity index (χ2n) is 4.19. The molecule has 4 heteroatoms. The van der Waals surface area contributed by atoms with E-state index in [9.17, 15) is 4.79 Å². The van der Waals surface area contributed by atoms with Gasteiger partial charge in [-0.1, -0.05) is 13.3 Å². The van der Waals surface area contributed by atoms with Crippen LogP contribution in [0.15, 0.2) is 18.2 Å². The fourth-order valence-corrected chi connectivity index (χ4v) is 1.89. The van der Waals surface area contributed by atoms with E-state index in [0.29, 0.717) is 23.6 Å². The third-order valence-corrected chi connectivity index (χ3v) is 2.93. The minimum atomic E-state index is -0.133. The number of carbonyl (C=O) groups excluding carboxylic acids is 1. The summed E-state index contributed by atoms with van der Waals surface area (Å²) in [7, 11) is 3.13. The van der Waals surface area contributed by atoms with Gasteiger partial charge in [-0.15, -0.1) is 0 Å². The minimum absolute atomic E-state index is 0.0524. The smallest absolute Gasteiger partial charge is 0.167 e. The van der Waals surface area contributed by atoms with Crippen LogP contribution in [0.5, 0.6) is 11.5 Å². The summed E-state index contributed by atoms with van der Waals surface area (Å²) in [5, 5.41) is 0. The van der Waals surface area contributed by atoms with Crippen molar-refractivity contribution in [1.82, 2.24) is 0 Å². The van der Waals surface area contributed by atoms with Crippen LogP contribution in [-0.4, -0.2) is 26.5 Å². The number of benzene rings is 1. The van der Waals surface area contributed by atoms with Gasteiger partial charge in [0.1, 0.15) is 11.5 Å². The van der Waals surface area contributed by atoms with Gasteiger partial charge in [-0.2, -0.15) is 0 Å². The molecule has 1 aromatic carbocycles. The number of carbonyl (C=O) groups is 1. The minimum Gasteiger partial charge on any atom is -0.497 e. The van der Waals surface area contributed by atoms with E-state index < -0.39 is 0 Å². The maximum atomic E-state index is 12.3. The molecule has 4 nitrogen and oxygen atoms in total. The number of methoxy groups -OCH3 is 2. The Morgan fingerprint density at radius 2 is 1.78 bits per heavy atom. The van der Waals surface area contributed by atoms with E-state index >= 15 is 0 Å². The van der Waals surface area contributed by atoms with Gasteiger partial charge >= 0.3 is 0 Å². The third-order valence-electron chi connectivity index (χ3n) is 2.93. The highest BCUT2D eigenvalue weighted by Gasteiger charge is 2.19. The highest BCUT2D eigenvalue weighted by molar-refractivity contribution is 5.98. The van der Waals surface area contributed by atoms with Gasteiger partial charge in [0, 0.05) is 24.1 Å². The average molecular weight is 251 g/mol. The lowest BCUT2D eigenvalue weighted by Gasteiger charge is -2.14. The maximum absolute atomic E-state index is 12.3. The number of Topliss-reactive ketones (excluding diaryl/α,β-unsaturated/α-hetero) is 1. The van der Waals surface area contributed by atoms with Gasteiger partial charge in [-0.3, -0.25) is 4.79 Å². The Bertz CT molecular complexity index is 382. The zero-order valence-corrected chi connectivity index (χ0v) is 11.2. The molecule has 0 aromatic heterocycles. The molecule has 100 valence electrons. The van der Waals surface area contributed by atoms with Gasteiger partial charge in [0.15, 0.2) is 5.78 Å². The number of hydrogen-bond donors (Lipinski definition) is 1. The van der Waals surface area contributed by atoms with Crippen LogP contribution < -0.4 is 15.2 Å². The van der Waals surface area contributed by atoms with Crippen LogP contribution >= 0.6 is 0 Å². The zero-order valence-electron chi connectivity index (χ0n) is 11.2. The molecule has 1 rings (SSSR count). The number of hydrogen-bond acceptors (Lipinski definition) is 4. The number of nitrogens with two attached hydrogens (primary N) is 1. The van der Waals surface area contributed by atoms with Crippen LogP contribution in [-0.2, 0) is 0 Å². The summed E-state index contributed by atoms with van der Waals surface area (Å²) in [5.41, 5.74) is 6.25. The van der Waals surface area contributed by atoms with Crippen molar-refractivity contribution >= 4 is 5.78 Å². The van der Waals surface area contributed by atoms with Crippen molar-refractivity contribution in [2.45, 2.75) is 19.8 Å². The molecule has 1 aromatic rings. The third kappa shape index (κ3) is 3.47. The Morgan fingerprint density at radius 3 is 2.17 bits per heavy atom. The summed E-state index contributed by atoms with van der Waals surface area (Å²) in [4.78, 5) is 12.3. The van der Waals surface area contributed by atoms with Gasteiger partial charge in [-0.25, -0.2) is 0 Å². The van der Waals surface area contributed by atoms with Crippen LogP contribution in [0.1, 0.15) is 30.1 Å². The summed E-state index contributed by atoms with van der Waals surface area (Å²) in [6.45, 7) is 2.41. The van der Waals surface area contributed by atoms with Crippen molar-refractivity contribution in [2.75, 3.05) is 20.8 Å². The van der Waals surface area contributed by atoms with E-state index in [1.807, 2.05) is 6.92 Å². The van der Waals surface area contributed by atoms with E-state index in [-0.39, 0.29) is 11.7 Å². The van der Waals surface area contributed by atoms with Gasteiger partial charge in [-0.05, 0) is 18.6 Å². The monoisotopic (exact) mass is 251 g/mol. The molecule has 0 fully saturated rings. The fraction of sp³-hybridized carbons (Fsp3) is 0.500. The first-order valence-corrected chi connectivity index (χ1v) is 6.13. The van der Waals surface area contributed by atoms with Crippen LogP contribution in [0.25, 0.3) is 0 Å². The second-order valence-corrected chi connectivity index (χ2v) is 4.19. The van der Waals surface area contributed by atoms with E-state index in [0.717, 1.165) is 12.8 Å². The molecule has 1 unspecified atom stereocenters. The Balaban J connectivity index is 3.03. The molecule has 0 saturated carbocycles. The SMILES string of the molecule is CCCC(CN)C(=O)c1cc(OC)cc(OC)c1. The molecular formula is C14H21NO3. The Hall–Kier alpha value is -1.55. The summed E-state index contributed by atoms with van der Waals surface area (Å²) in [6.07, 6.45) is 1.74. The molecule has 0 radical (unpaired) electrons. The van der Waals surface area contributed by atoms with Crippen molar-refractivity contribution < 1.29 is 14.3 Å². The van der Waals surface area contributed by atoms with Gasteiger partial charge in [0.2, 0.25) is 0 Å². The average Bonchev–Trinajstić information content (AvgIpc) is 2.43. The first kappa shape index (κ1) is 14.5. The molecule has 0 spiro atoms. The first-order valence-electron chi connectivity index (χ1n) is 6.13. The van der Waals surface area contributed by atoms with E-state index in [1.54, 1.807) is 32.4 Å². The molecule has 0 saturated heterocycles. The second kappa shape index (κ2) is 7.01. The summed E-state index contributed by atoms with van der Waals surface area (Å²) >= 11 is 0. The van der Waals surface area contributed by atoms with Gasteiger partial charge in [0.05, 0.1) is 14.2 Å². The highest BCUT2D eigenvalue weighted by Crippen LogP contribution is 2.25. The van der Waals surface area contributed by atoms with E-state index in [1.165, 1.54) is 0 Å². The van der Waals surface area contributed by atoms with Crippen molar-refractivity contribution in [3.63, 3.8) is 0 Å². The molecule has 1 atom stereocenters. The normalized spacial score (nSPS) is 12.0.